The third-order valence-electron chi connectivity index (χ3n) is 2.89. The molecule has 0 aliphatic carbocycles. The molecule has 0 atom stereocenters. The molecule has 0 amide bonds. The molecule has 0 fully saturated rings. The van der Waals surface area contributed by atoms with E-state index in [1.165, 1.54) is 0 Å². The molecule has 0 spiro atoms. The topological polar surface area (TPSA) is 30.5 Å². The van der Waals surface area contributed by atoms with Crippen molar-refractivity contribution in [2.45, 2.75) is 6.54 Å². The van der Waals surface area contributed by atoms with Crippen molar-refractivity contribution >= 4 is 33.2 Å². The lowest BCUT2D eigenvalue weighted by Crippen LogP contribution is -2.01. The van der Waals surface area contributed by atoms with Crippen LogP contribution in [0.1, 0.15) is 5.56 Å². The van der Waals surface area contributed by atoms with Gasteiger partial charge >= 0.3 is 0 Å². The lowest BCUT2D eigenvalue weighted by atomic mass is 10.2. The van der Waals surface area contributed by atoms with Crippen molar-refractivity contribution in [1.82, 2.24) is 0 Å². The Morgan fingerprint density at radius 1 is 1.10 bits per heavy atom. The number of anilines is 1. The largest absolute Gasteiger partial charge is 0.497 e. The zero-order chi connectivity index (χ0) is 14.5. The third kappa shape index (κ3) is 3.58. The fraction of sp³-hybridized carbons (Fsp3) is 0.200. The lowest BCUT2D eigenvalue weighted by molar-refractivity contribution is 0.414. The zero-order valence-corrected chi connectivity index (χ0v) is 13.6. The first kappa shape index (κ1) is 15.0. The van der Waals surface area contributed by atoms with Crippen LogP contribution < -0.4 is 14.8 Å². The number of hydrogen-bond donors (Lipinski definition) is 1. The van der Waals surface area contributed by atoms with Crippen molar-refractivity contribution < 1.29 is 9.47 Å². The molecule has 2 rings (SSSR count). The van der Waals surface area contributed by atoms with E-state index in [0.717, 1.165) is 21.5 Å². The van der Waals surface area contributed by atoms with E-state index in [9.17, 15) is 0 Å². The molecule has 0 unspecified atom stereocenters. The van der Waals surface area contributed by atoms with Gasteiger partial charge in [0.05, 0.1) is 19.2 Å². The van der Waals surface area contributed by atoms with Crippen LogP contribution in [0.2, 0.25) is 5.02 Å². The number of halogens is 2. The van der Waals surface area contributed by atoms with Crippen molar-refractivity contribution in [3.8, 4) is 11.5 Å². The Labute approximate surface area is 132 Å². The van der Waals surface area contributed by atoms with Crippen LogP contribution in [0.25, 0.3) is 0 Å². The fourth-order valence-corrected chi connectivity index (χ4v) is 2.43. The minimum absolute atomic E-state index is 0.585. The first-order valence-electron chi connectivity index (χ1n) is 6.04. The standard InChI is InChI=1S/C15H15BrClNO2/c1-19-12-4-5-13(16)10(7-12)9-18-11-3-6-15(20-2)14(17)8-11/h3-8,18H,9H2,1-2H3. The summed E-state index contributed by atoms with van der Waals surface area (Å²) < 4.78 is 11.4. The van der Waals surface area contributed by atoms with Crippen molar-refractivity contribution in [2.24, 2.45) is 0 Å². The van der Waals surface area contributed by atoms with E-state index in [2.05, 4.69) is 21.2 Å². The molecule has 2 aromatic rings. The van der Waals surface area contributed by atoms with Crippen molar-refractivity contribution in [3.63, 3.8) is 0 Å². The molecule has 5 heteroatoms. The Morgan fingerprint density at radius 2 is 1.90 bits per heavy atom. The van der Waals surface area contributed by atoms with Gasteiger partial charge in [0.25, 0.3) is 0 Å². The van der Waals surface area contributed by atoms with Gasteiger partial charge in [-0.05, 0) is 42.0 Å². The molecule has 1 N–H and O–H groups in total. The zero-order valence-electron chi connectivity index (χ0n) is 11.2. The first-order chi connectivity index (χ1) is 9.63. The van der Waals surface area contributed by atoms with Gasteiger partial charge in [-0.25, -0.2) is 0 Å². The summed E-state index contributed by atoms with van der Waals surface area (Å²) in [6, 6.07) is 11.5. The summed E-state index contributed by atoms with van der Waals surface area (Å²) in [5.41, 5.74) is 2.04. The molecule has 2 aromatic carbocycles. The van der Waals surface area contributed by atoms with Gasteiger partial charge in [0.15, 0.2) is 0 Å². The minimum Gasteiger partial charge on any atom is -0.497 e. The molecular weight excluding hydrogens is 342 g/mol. The number of rotatable bonds is 5. The molecule has 0 radical (unpaired) electrons. The molecule has 0 bridgehead atoms. The van der Waals surface area contributed by atoms with Gasteiger partial charge in [-0.15, -0.1) is 0 Å². The van der Waals surface area contributed by atoms with E-state index in [4.69, 9.17) is 21.1 Å². The Bertz CT molecular complexity index is 604. The predicted octanol–water partition coefficient (Wildman–Crippen LogP) is 4.73. The van der Waals surface area contributed by atoms with Gasteiger partial charge < -0.3 is 14.8 Å². The van der Waals surface area contributed by atoms with E-state index in [-0.39, 0.29) is 0 Å². The van der Waals surface area contributed by atoms with E-state index in [0.29, 0.717) is 17.3 Å². The van der Waals surface area contributed by atoms with Crippen LogP contribution in [-0.2, 0) is 6.54 Å². The normalized spacial score (nSPS) is 10.2. The molecule has 106 valence electrons. The molecule has 0 saturated carbocycles. The van der Waals surface area contributed by atoms with E-state index in [1.807, 2.05) is 36.4 Å². The number of ether oxygens (including phenoxy) is 2. The van der Waals surface area contributed by atoms with Crippen molar-refractivity contribution in [1.29, 1.82) is 0 Å². The highest BCUT2D eigenvalue weighted by molar-refractivity contribution is 9.10. The van der Waals surface area contributed by atoms with Crippen molar-refractivity contribution in [3.05, 3.63) is 51.5 Å². The summed E-state index contributed by atoms with van der Waals surface area (Å²) in [7, 11) is 3.26. The van der Waals surface area contributed by atoms with Gasteiger partial charge in [0.2, 0.25) is 0 Å². The average molecular weight is 357 g/mol. The summed E-state index contributed by atoms with van der Waals surface area (Å²) in [4.78, 5) is 0. The number of hydrogen-bond acceptors (Lipinski definition) is 3. The quantitative estimate of drug-likeness (QED) is 0.840. The van der Waals surface area contributed by atoms with Crippen LogP contribution in [0.15, 0.2) is 40.9 Å². The summed E-state index contributed by atoms with van der Waals surface area (Å²) >= 11 is 9.62. The van der Waals surface area contributed by atoms with Crippen LogP contribution in [-0.4, -0.2) is 14.2 Å². The van der Waals surface area contributed by atoms with E-state index < -0.39 is 0 Å². The molecule has 0 saturated heterocycles. The van der Waals surface area contributed by atoms with E-state index >= 15 is 0 Å². The fourth-order valence-electron chi connectivity index (χ4n) is 1.79. The Hall–Kier alpha value is -1.39. The number of methoxy groups -OCH3 is 2. The highest BCUT2D eigenvalue weighted by Crippen LogP contribution is 2.28. The molecule has 3 nitrogen and oxygen atoms in total. The summed E-state index contributed by atoms with van der Waals surface area (Å²) in [6.45, 7) is 0.667. The monoisotopic (exact) mass is 355 g/mol. The lowest BCUT2D eigenvalue weighted by Gasteiger charge is -2.11. The van der Waals surface area contributed by atoms with E-state index in [1.54, 1.807) is 14.2 Å². The average Bonchev–Trinajstić information content (AvgIpc) is 2.46. The molecular formula is C15H15BrClNO2. The smallest absolute Gasteiger partial charge is 0.137 e. The number of nitrogens with one attached hydrogen (secondary N) is 1. The second kappa shape index (κ2) is 6.86. The SMILES string of the molecule is COc1ccc(Br)c(CNc2ccc(OC)c(Cl)c2)c1. The van der Waals surface area contributed by atoms with Crippen LogP contribution >= 0.6 is 27.5 Å². The second-order valence-electron chi connectivity index (χ2n) is 4.16. The van der Waals surface area contributed by atoms with Gasteiger partial charge in [-0.2, -0.15) is 0 Å². The third-order valence-corrected chi connectivity index (χ3v) is 3.96. The van der Waals surface area contributed by atoms with Crippen LogP contribution in [0, 0.1) is 0 Å². The maximum atomic E-state index is 6.10. The van der Waals surface area contributed by atoms with Gasteiger partial charge in [-0.1, -0.05) is 27.5 Å². The van der Waals surface area contributed by atoms with Crippen LogP contribution in [0.3, 0.4) is 0 Å². The minimum atomic E-state index is 0.585. The van der Waals surface area contributed by atoms with Gasteiger partial charge in [-0.3, -0.25) is 0 Å². The summed E-state index contributed by atoms with van der Waals surface area (Å²) in [5.74, 6) is 1.50. The molecule has 0 aromatic heterocycles. The van der Waals surface area contributed by atoms with Gasteiger partial charge in [0, 0.05) is 16.7 Å². The van der Waals surface area contributed by atoms with Gasteiger partial charge in [0.1, 0.15) is 11.5 Å². The molecule has 0 heterocycles. The van der Waals surface area contributed by atoms with Crippen molar-refractivity contribution in [2.75, 3.05) is 19.5 Å². The maximum absolute atomic E-state index is 6.10. The summed E-state index contributed by atoms with van der Waals surface area (Å²) in [5, 5.41) is 3.91. The Morgan fingerprint density at radius 3 is 2.55 bits per heavy atom. The maximum Gasteiger partial charge on any atom is 0.137 e. The number of benzene rings is 2. The van der Waals surface area contributed by atoms with Crippen LogP contribution in [0.5, 0.6) is 11.5 Å². The van der Waals surface area contributed by atoms with Crippen LogP contribution in [0.4, 0.5) is 5.69 Å². The highest BCUT2D eigenvalue weighted by atomic mass is 79.9. The Balaban J connectivity index is 2.10. The summed E-state index contributed by atoms with van der Waals surface area (Å²) in [6.07, 6.45) is 0. The molecule has 20 heavy (non-hydrogen) atoms. The highest BCUT2D eigenvalue weighted by Gasteiger charge is 2.04. The predicted molar refractivity (Wildman–Crippen MR) is 86.0 cm³/mol. The molecule has 0 aliphatic heterocycles. The first-order valence-corrected chi connectivity index (χ1v) is 7.21. The second-order valence-corrected chi connectivity index (χ2v) is 5.42. The molecule has 0 aliphatic rings. The Kier molecular flexibility index (Phi) is 5.15.